The second-order valence-electron chi connectivity index (χ2n) is 6.27. The van der Waals surface area contributed by atoms with Gasteiger partial charge in [-0.05, 0) is 50.0 Å². The number of fused-ring (bicyclic) bond motifs is 3. The lowest BCUT2D eigenvalue weighted by molar-refractivity contribution is 0.0606. The molecule has 120 valence electrons. The summed E-state index contributed by atoms with van der Waals surface area (Å²) in [6.07, 6.45) is 4.93. The Balaban J connectivity index is 1.47. The van der Waals surface area contributed by atoms with Crippen molar-refractivity contribution in [1.29, 1.82) is 0 Å². The van der Waals surface area contributed by atoms with E-state index in [0.717, 1.165) is 38.7 Å². The van der Waals surface area contributed by atoms with Crippen molar-refractivity contribution in [2.75, 3.05) is 19.6 Å². The van der Waals surface area contributed by atoms with E-state index in [1.165, 1.54) is 12.3 Å². The lowest BCUT2D eigenvalue weighted by Crippen LogP contribution is -2.57. The highest BCUT2D eigenvalue weighted by Crippen LogP contribution is 2.28. The van der Waals surface area contributed by atoms with Gasteiger partial charge in [-0.25, -0.2) is 4.39 Å². The van der Waals surface area contributed by atoms with Crippen molar-refractivity contribution in [3.05, 3.63) is 42.2 Å². The van der Waals surface area contributed by atoms with Crippen molar-refractivity contribution < 1.29 is 13.6 Å². The van der Waals surface area contributed by atoms with Crippen LogP contribution in [0.3, 0.4) is 0 Å². The van der Waals surface area contributed by atoms with E-state index >= 15 is 0 Å². The molecule has 5 nitrogen and oxygen atoms in total. The summed E-state index contributed by atoms with van der Waals surface area (Å²) >= 11 is 0. The molecule has 2 aromatic rings. The van der Waals surface area contributed by atoms with Crippen LogP contribution in [-0.4, -0.2) is 41.5 Å². The fourth-order valence-corrected chi connectivity index (χ4v) is 3.53. The largest absolute Gasteiger partial charge is 0.451 e. The molecule has 3 saturated heterocycles. The predicted octanol–water partition coefficient (Wildman–Crippen LogP) is 2.30. The molecule has 0 aromatic carbocycles. The number of aromatic nitrogens is 1. The van der Waals surface area contributed by atoms with E-state index in [4.69, 9.17) is 4.42 Å². The van der Waals surface area contributed by atoms with E-state index in [0.29, 0.717) is 17.2 Å². The summed E-state index contributed by atoms with van der Waals surface area (Å²) in [5.74, 6) is 0.610. The molecule has 0 aliphatic carbocycles. The number of carbonyl (C=O) groups excluding carboxylic acids is 1. The van der Waals surface area contributed by atoms with E-state index in [1.54, 1.807) is 12.1 Å². The molecule has 2 aromatic heterocycles. The SMILES string of the molecule is O=C(NC1CN2CCC1CC2)c1ccc(-c2cncc(F)c2)o1. The quantitative estimate of drug-likeness (QED) is 0.944. The van der Waals surface area contributed by atoms with Gasteiger partial charge >= 0.3 is 0 Å². The predicted molar refractivity (Wildman–Crippen MR) is 82.3 cm³/mol. The molecule has 6 heteroatoms. The highest BCUT2D eigenvalue weighted by molar-refractivity contribution is 5.92. The smallest absolute Gasteiger partial charge is 0.287 e. The molecular weight excluding hydrogens is 297 g/mol. The molecular formula is C17H18FN3O2. The van der Waals surface area contributed by atoms with Gasteiger partial charge in [0.15, 0.2) is 5.76 Å². The number of piperidine rings is 3. The summed E-state index contributed by atoms with van der Waals surface area (Å²) in [6, 6.07) is 4.81. The number of carbonyl (C=O) groups is 1. The van der Waals surface area contributed by atoms with Gasteiger partial charge < -0.3 is 14.6 Å². The third kappa shape index (κ3) is 2.86. The lowest BCUT2D eigenvalue weighted by Gasteiger charge is -2.44. The lowest BCUT2D eigenvalue weighted by atomic mass is 9.84. The fourth-order valence-electron chi connectivity index (χ4n) is 3.53. The molecule has 2 bridgehead atoms. The van der Waals surface area contributed by atoms with Crippen LogP contribution in [0.15, 0.2) is 35.0 Å². The number of nitrogens with one attached hydrogen (secondary N) is 1. The molecule has 5 heterocycles. The number of amides is 1. The Kier molecular flexibility index (Phi) is 3.61. The zero-order valence-electron chi connectivity index (χ0n) is 12.7. The van der Waals surface area contributed by atoms with Crippen LogP contribution in [0.2, 0.25) is 0 Å². The number of nitrogens with zero attached hydrogens (tertiary/aromatic N) is 2. The molecule has 5 rings (SSSR count). The number of pyridine rings is 1. The third-order valence-electron chi connectivity index (χ3n) is 4.79. The highest BCUT2D eigenvalue weighted by Gasteiger charge is 2.35. The Morgan fingerprint density at radius 3 is 2.83 bits per heavy atom. The number of furan rings is 1. The number of rotatable bonds is 3. The van der Waals surface area contributed by atoms with Gasteiger partial charge in [-0.15, -0.1) is 0 Å². The van der Waals surface area contributed by atoms with Crippen LogP contribution >= 0.6 is 0 Å². The van der Waals surface area contributed by atoms with Crippen LogP contribution < -0.4 is 5.32 Å². The number of hydrogen-bond donors (Lipinski definition) is 1. The Bertz CT molecular complexity index is 722. The summed E-state index contributed by atoms with van der Waals surface area (Å²) in [7, 11) is 0. The van der Waals surface area contributed by atoms with Gasteiger partial charge in [0, 0.05) is 24.3 Å². The maximum atomic E-state index is 13.2. The van der Waals surface area contributed by atoms with E-state index in [-0.39, 0.29) is 17.7 Å². The van der Waals surface area contributed by atoms with Gasteiger partial charge in [0.05, 0.1) is 6.20 Å². The molecule has 23 heavy (non-hydrogen) atoms. The second-order valence-corrected chi connectivity index (χ2v) is 6.27. The maximum Gasteiger partial charge on any atom is 0.287 e. The Hall–Kier alpha value is -2.21. The van der Waals surface area contributed by atoms with Gasteiger partial charge in [-0.2, -0.15) is 0 Å². The van der Waals surface area contributed by atoms with E-state index in [2.05, 4.69) is 15.2 Å². The maximum absolute atomic E-state index is 13.2. The van der Waals surface area contributed by atoms with Crippen molar-refractivity contribution in [1.82, 2.24) is 15.2 Å². The van der Waals surface area contributed by atoms with Gasteiger partial charge in [-0.1, -0.05) is 0 Å². The Morgan fingerprint density at radius 2 is 2.13 bits per heavy atom. The fraction of sp³-hybridized carbons (Fsp3) is 0.412. The average Bonchev–Trinajstić information content (AvgIpc) is 3.06. The first-order chi connectivity index (χ1) is 11.2. The first kappa shape index (κ1) is 14.4. The average molecular weight is 315 g/mol. The minimum absolute atomic E-state index is 0.189. The van der Waals surface area contributed by atoms with Crippen LogP contribution in [0, 0.1) is 11.7 Å². The number of hydrogen-bond acceptors (Lipinski definition) is 4. The minimum Gasteiger partial charge on any atom is -0.451 e. The second kappa shape index (κ2) is 5.77. The summed E-state index contributed by atoms with van der Waals surface area (Å²) < 4.78 is 18.8. The Morgan fingerprint density at radius 1 is 1.30 bits per heavy atom. The highest BCUT2D eigenvalue weighted by atomic mass is 19.1. The van der Waals surface area contributed by atoms with E-state index in [1.807, 2.05) is 0 Å². The third-order valence-corrected chi connectivity index (χ3v) is 4.79. The summed E-state index contributed by atoms with van der Waals surface area (Å²) in [5, 5.41) is 3.08. The molecule has 3 aliphatic heterocycles. The monoisotopic (exact) mass is 315 g/mol. The van der Waals surface area contributed by atoms with Gasteiger partial charge in [0.25, 0.3) is 5.91 Å². The Labute approximate surface area is 133 Å². The van der Waals surface area contributed by atoms with Crippen molar-refractivity contribution in [3.63, 3.8) is 0 Å². The summed E-state index contributed by atoms with van der Waals surface area (Å²) in [4.78, 5) is 18.6. The van der Waals surface area contributed by atoms with Crippen molar-refractivity contribution in [3.8, 4) is 11.3 Å². The molecule has 0 radical (unpaired) electrons. The normalized spacial score (nSPS) is 26.2. The van der Waals surface area contributed by atoms with Crippen LogP contribution in [-0.2, 0) is 0 Å². The summed E-state index contributed by atoms with van der Waals surface area (Å²) in [5.41, 5.74) is 0.520. The van der Waals surface area contributed by atoms with Gasteiger partial charge in [0.1, 0.15) is 11.6 Å². The molecule has 0 spiro atoms. The van der Waals surface area contributed by atoms with Crippen LogP contribution in [0.1, 0.15) is 23.4 Å². The molecule has 1 N–H and O–H groups in total. The van der Waals surface area contributed by atoms with Crippen molar-refractivity contribution >= 4 is 5.91 Å². The number of halogens is 1. The first-order valence-corrected chi connectivity index (χ1v) is 7.93. The zero-order chi connectivity index (χ0) is 15.8. The molecule has 1 amide bonds. The van der Waals surface area contributed by atoms with Crippen molar-refractivity contribution in [2.45, 2.75) is 18.9 Å². The molecule has 1 atom stereocenters. The first-order valence-electron chi connectivity index (χ1n) is 7.93. The molecule has 1 unspecified atom stereocenters. The van der Waals surface area contributed by atoms with Crippen molar-refractivity contribution in [2.24, 2.45) is 5.92 Å². The van der Waals surface area contributed by atoms with E-state index in [9.17, 15) is 9.18 Å². The zero-order valence-corrected chi connectivity index (χ0v) is 12.7. The van der Waals surface area contributed by atoms with Crippen LogP contribution in [0.25, 0.3) is 11.3 Å². The summed E-state index contributed by atoms with van der Waals surface area (Å²) in [6.45, 7) is 3.18. The van der Waals surface area contributed by atoms with Gasteiger partial charge in [0.2, 0.25) is 0 Å². The molecule has 0 saturated carbocycles. The standard InChI is InChI=1S/C17H18FN3O2/c18-13-7-12(8-19-9-13)15-1-2-16(23-15)17(22)20-14-10-21-5-3-11(14)4-6-21/h1-2,7-9,11,14H,3-6,10H2,(H,20,22). The topological polar surface area (TPSA) is 58.4 Å². The minimum atomic E-state index is -0.433. The van der Waals surface area contributed by atoms with Crippen LogP contribution in [0.4, 0.5) is 4.39 Å². The van der Waals surface area contributed by atoms with Gasteiger partial charge in [-0.3, -0.25) is 9.78 Å². The molecule has 3 aliphatic rings. The molecule has 3 fully saturated rings. The van der Waals surface area contributed by atoms with E-state index < -0.39 is 5.82 Å². The van der Waals surface area contributed by atoms with Crippen LogP contribution in [0.5, 0.6) is 0 Å².